The van der Waals surface area contributed by atoms with Gasteiger partial charge in [0.05, 0.1) is 25.5 Å². The number of nitrogens with zero attached hydrogens (tertiary/aromatic N) is 2. The lowest BCUT2D eigenvalue weighted by Crippen LogP contribution is -2.43. The van der Waals surface area contributed by atoms with Gasteiger partial charge in [-0.05, 0) is 17.7 Å². The van der Waals surface area contributed by atoms with E-state index in [1.165, 1.54) is 11.8 Å². The van der Waals surface area contributed by atoms with Gasteiger partial charge in [0.25, 0.3) is 11.5 Å². The summed E-state index contributed by atoms with van der Waals surface area (Å²) in [6.07, 6.45) is 0.0198. The molecule has 8 heteroatoms. The molecule has 2 amide bonds. The maximum absolute atomic E-state index is 12.9. The number of hydrogen-bond acceptors (Lipinski definition) is 5. The van der Waals surface area contributed by atoms with Crippen molar-refractivity contribution in [2.75, 3.05) is 7.11 Å². The number of aromatic nitrogens is 2. The van der Waals surface area contributed by atoms with Gasteiger partial charge in [-0.1, -0.05) is 66.7 Å². The quantitative estimate of drug-likeness (QED) is 0.447. The van der Waals surface area contributed by atoms with Gasteiger partial charge >= 0.3 is 0 Å². The Hall–Kier alpha value is -4.46. The molecule has 0 saturated heterocycles. The molecule has 3 aromatic carbocycles. The summed E-state index contributed by atoms with van der Waals surface area (Å²) in [7, 11) is 1.53. The van der Waals surface area contributed by atoms with Gasteiger partial charge in [0.15, 0.2) is 5.69 Å². The van der Waals surface area contributed by atoms with Gasteiger partial charge in [0.2, 0.25) is 5.91 Å². The van der Waals surface area contributed by atoms with E-state index in [1.54, 1.807) is 42.5 Å². The van der Waals surface area contributed by atoms with Crippen LogP contribution in [0, 0.1) is 0 Å². The molecule has 4 aromatic rings. The molecule has 33 heavy (non-hydrogen) atoms. The van der Waals surface area contributed by atoms with Crippen molar-refractivity contribution in [2.24, 2.45) is 0 Å². The first-order valence-corrected chi connectivity index (χ1v) is 10.3. The first-order chi connectivity index (χ1) is 16.1. The lowest BCUT2D eigenvalue weighted by Gasteiger charge is -2.12. The second-order valence-electron chi connectivity index (χ2n) is 7.33. The predicted octanol–water partition coefficient (Wildman–Crippen LogP) is 2.46. The minimum absolute atomic E-state index is 0.0198. The average molecular weight is 442 g/mol. The van der Waals surface area contributed by atoms with Crippen molar-refractivity contribution >= 4 is 22.6 Å². The number of carbonyl (C=O) groups excluding carboxylic acids is 2. The van der Waals surface area contributed by atoms with Gasteiger partial charge in [0, 0.05) is 10.9 Å². The number of ether oxygens (including phenoxy) is 1. The number of carbonyl (C=O) groups is 2. The number of nitrogens with one attached hydrogen (secondary N) is 2. The lowest BCUT2D eigenvalue weighted by molar-refractivity contribution is -0.121. The third-order valence-electron chi connectivity index (χ3n) is 5.12. The van der Waals surface area contributed by atoms with Crippen molar-refractivity contribution in [2.45, 2.75) is 13.0 Å². The van der Waals surface area contributed by atoms with Crippen LogP contribution in [0.5, 0.6) is 5.75 Å². The zero-order valence-electron chi connectivity index (χ0n) is 17.9. The van der Waals surface area contributed by atoms with Crippen LogP contribution >= 0.6 is 0 Å². The number of rotatable bonds is 6. The largest absolute Gasteiger partial charge is 0.496 e. The van der Waals surface area contributed by atoms with Crippen LogP contribution in [0.2, 0.25) is 0 Å². The van der Waals surface area contributed by atoms with Crippen molar-refractivity contribution in [3.63, 3.8) is 0 Å². The Morgan fingerprint density at radius 1 is 0.879 bits per heavy atom. The Labute approximate surface area is 189 Å². The number of methoxy groups -OCH3 is 1. The summed E-state index contributed by atoms with van der Waals surface area (Å²) in [5, 5.41) is 5.08. The van der Waals surface area contributed by atoms with Crippen LogP contribution < -0.4 is 21.1 Å². The molecular formula is C25H22N4O4. The van der Waals surface area contributed by atoms with E-state index < -0.39 is 11.8 Å². The monoisotopic (exact) mass is 442 g/mol. The second kappa shape index (κ2) is 9.78. The summed E-state index contributed by atoms with van der Waals surface area (Å²) in [6.45, 7) is 0.213. The van der Waals surface area contributed by atoms with Crippen LogP contribution in [-0.4, -0.2) is 28.7 Å². The molecule has 0 spiro atoms. The molecule has 0 unspecified atom stereocenters. The van der Waals surface area contributed by atoms with Gasteiger partial charge in [0.1, 0.15) is 5.75 Å². The van der Waals surface area contributed by atoms with Crippen molar-refractivity contribution < 1.29 is 14.3 Å². The fourth-order valence-corrected chi connectivity index (χ4v) is 3.52. The fraction of sp³-hybridized carbons (Fsp3) is 0.120. The molecule has 8 nitrogen and oxygen atoms in total. The standard InChI is InChI=1S/C25H22N4O4/c1-33-21-14-8-5-11-18(21)15-22(30)26-27-24(31)23-19-12-6-7-13-20(19)25(32)29(28-23)16-17-9-3-2-4-10-17/h2-14H,15-16H2,1H3,(H,26,30)(H,27,31). The van der Waals surface area contributed by atoms with Gasteiger partial charge in [-0.15, -0.1) is 0 Å². The van der Waals surface area contributed by atoms with Gasteiger partial charge < -0.3 is 4.74 Å². The molecular weight excluding hydrogens is 420 g/mol. The summed E-state index contributed by atoms with van der Waals surface area (Å²) in [5.74, 6) is -0.462. The number of benzene rings is 3. The SMILES string of the molecule is COc1ccccc1CC(=O)NNC(=O)c1nn(Cc2ccccc2)c(=O)c2ccccc12. The van der Waals surface area contributed by atoms with Crippen LogP contribution in [0.4, 0.5) is 0 Å². The highest BCUT2D eigenvalue weighted by Gasteiger charge is 2.18. The summed E-state index contributed by atoms with van der Waals surface area (Å²) in [4.78, 5) is 38.2. The van der Waals surface area contributed by atoms with E-state index in [-0.39, 0.29) is 24.2 Å². The van der Waals surface area contributed by atoms with E-state index in [0.717, 1.165) is 5.56 Å². The van der Waals surface area contributed by atoms with E-state index >= 15 is 0 Å². The summed E-state index contributed by atoms with van der Waals surface area (Å²) in [6, 6.07) is 23.3. The molecule has 2 N–H and O–H groups in total. The Balaban J connectivity index is 1.56. The van der Waals surface area contributed by atoms with Crippen LogP contribution in [0.3, 0.4) is 0 Å². The van der Waals surface area contributed by atoms with E-state index in [9.17, 15) is 14.4 Å². The number of fused-ring (bicyclic) bond motifs is 1. The molecule has 0 aliphatic heterocycles. The molecule has 0 aliphatic rings. The molecule has 0 aliphatic carbocycles. The first kappa shape index (κ1) is 21.8. The van der Waals surface area contributed by atoms with Crippen LogP contribution in [-0.2, 0) is 17.8 Å². The zero-order valence-corrected chi connectivity index (χ0v) is 17.9. The highest BCUT2D eigenvalue weighted by atomic mass is 16.5. The minimum Gasteiger partial charge on any atom is -0.496 e. The van der Waals surface area contributed by atoms with Gasteiger partial charge in [-0.2, -0.15) is 5.10 Å². The molecule has 0 fully saturated rings. The van der Waals surface area contributed by atoms with Gasteiger partial charge in [-0.25, -0.2) is 4.68 Å². The van der Waals surface area contributed by atoms with Crippen LogP contribution in [0.15, 0.2) is 83.7 Å². The molecule has 1 heterocycles. The Bertz CT molecular complexity index is 1370. The fourth-order valence-electron chi connectivity index (χ4n) is 3.52. The highest BCUT2D eigenvalue weighted by Crippen LogP contribution is 2.17. The van der Waals surface area contributed by atoms with Crippen molar-refractivity contribution in [1.29, 1.82) is 0 Å². The summed E-state index contributed by atoms with van der Waals surface area (Å²) in [5.41, 5.74) is 6.11. The summed E-state index contributed by atoms with van der Waals surface area (Å²) < 4.78 is 6.51. The number of hydrogen-bond donors (Lipinski definition) is 2. The topological polar surface area (TPSA) is 102 Å². The van der Waals surface area contributed by atoms with Crippen molar-refractivity contribution in [3.05, 3.63) is 106 Å². The van der Waals surface area contributed by atoms with E-state index in [0.29, 0.717) is 22.1 Å². The normalized spacial score (nSPS) is 10.6. The lowest BCUT2D eigenvalue weighted by atomic mass is 10.1. The van der Waals surface area contributed by atoms with Crippen molar-refractivity contribution in [1.82, 2.24) is 20.6 Å². The molecule has 0 atom stereocenters. The third-order valence-corrected chi connectivity index (χ3v) is 5.12. The molecule has 166 valence electrons. The van der Waals surface area contributed by atoms with E-state index in [4.69, 9.17) is 4.74 Å². The number of amides is 2. The molecule has 1 aromatic heterocycles. The number of hydrazine groups is 1. The Morgan fingerprint density at radius 2 is 1.55 bits per heavy atom. The molecule has 0 radical (unpaired) electrons. The highest BCUT2D eigenvalue weighted by molar-refractivity contribution is 6.05. The minimum atomic E-state index is -0.624. The Morgan fingerprint density at radius 3 is 2.30 bits per heavy atom. The zero-order chi connectivity index (χ0) is 23.2. The maximum atomic E-state index is 12.9. The molecule has 0 saturated carbocycles. The van der Waals surface area contributed by atoms with Crippen LogP contribution in [0.1, 0.15) is 21.6 Å². The van der Waals surface area contributed by atoms with E-state index in [1.807, 2.05) is 36.4 Å². The first-order valence-electron chi connectivity index (χ1n) is 10.3. The van der Waals surface area contributed by atoms with E-state index in [2.05, 4.69) is 16.0 Å². The maximum Gasteiger partial charge on any atom is 0.290 e. The summed E-state index contributed by atoms with van der Waals surface area (Å²) >= 11 is 0. The van der Waals surface area contributed by atoms with Crippen molar-refractivity contribution in [3.8, 4) is 5.75 Å². The third kappa shape index (κ3) is 4.90. The van der Waals surface area contributed by atoms with Crippen LogP contribution in [0.25, 0.3) is 10.8 Å². The van der Waals surface area contributed by atoms with Gasteiger partial charge in [-0.3, -0.25) is 25.2 Å². The average Bonchev–Trinajstić information content (AvgIpc) is 2.85. The Kier molecular flexibility index (Phi) is 6.45. The number of para-hydroxylation sites is 1. The molecule has 4 rings (SSSR count). The second-order valence-corrected chi connectivity index (χ2v) is 7.33. The smallest absolute Gasteiger partial charge is 0.290 e. The predicted molar refractivity (Wildman–Crippen MR) is 124 cm³/mol. The molecule has 0 bridgehead atoms.